The number of fused-ring (bicyclic) bond motifs is 2. The van der Waals surface area contributed by atoms with Crippen LogP contribution in [-0.2, 0) is 11.3 Å². The van der Waals surface area contributed by atoms with Gasteiger partial charge in [-0.25, -0.2) is 10.1 Å². The van der Waals surface area contributed by atoms with E-state index in [1.165, 1.54) is 0 Å². The number of hydrazone groups is 1. The first kappa shape index (κ1) is 16.0. The molecule has 0 unspecified atom stereocenters. The Morgan fingerprint density at radius 2 is 1.81 bits per heavy atom. The molecule has 0 atom stereocenters. The van der Waals surface area contributed by atoms with Crippen molar-refractivity contribution >= 4 is 33.4 Å². The summed E-state index contributed by atoms with van der Waals surface area (Å²) in [6.07, 6.45) is 0. The molecule has 128 valence electrons. The number of rotatable bonds is 4. The van der Waals surface area contributed by atoms with Crippen LogP contribution >= 0.6 is 0 Å². The lowest BCUT2D eigenvalue weighted by Gasteiger charge is -2.07. The van der Waals surface area contributed by atoms with Crippen LogP contribution in [0.3, 0.4) is 0 Å². The molecule has 4 aromatic rings. The number of nitrogens with zero attached hydrogens (tertiary/aromatic N) is 4. The molecule has 1 amide bonds. The Kier molecular flexibility index (Phi) is 4.15. The first-order chi connectivity index (χ1) is 12.7. The SMILES string of the molecule is C/C(=N/NC(=O)Cn1nnc2ccccc21)c1cccc2ccccc12. The van der Waals surface area contributed by atoms with Gasteiger partial charge in [-0.1, -0.05) is 59.8 Å². The van der Waals surface area contributed by atoms with Crippen molar-refractivity contribution in [3.05, 3.63) is 72.3 Å². The monoisotopic (exact) mass is 343 g/mol. The largest absolute Gasteiger partial charge is 0.271 e. The zero-order valence-electron chi connectivity index (χ0n) is 14.3. The van der Waals surface area contributed by atoms with Gasteiger partial charge in [-0.15, -0.1) is 5.10 Å². The molecule has 0 aliphatic heterocycles. The third-order valence-corrected chi connectivity index (χ3v) is 4.24. The fourth-order valence-electron chi connectivity index (χ4n) is 2.95. The smallest absolute Gasteiger partial charge is 0.261 e. The quantitative estimate of drug-likeness (QED) is 0.457. The van der Waals surface area contributed by atoms with Gasteiger partial charge < -0.3 is 0 Å². The molecule has 0 aliphatic rings. The van der Waals surface area contributed by atoms with E-state index in [0.717, 1.165) is 33.1 Å². The summed E-state index contributed by atoms with van der Waals surface area (Å²) in [5.41, 5.74) is 5.93. The fourth-order valence-corrected chi connectivity index (χ4v) is 2.95. The molecule has 0 saturated carbocycles. The average Bonchev–Trinajstić information content (AvgIpc) is 3.08. The van der Waals surface area contributed by atoms with Crippen molar-refractivity contribution in [3.8, 4) is 0 Å². The summed E-state index contributed by atoms with van der Waals surface area (Å²) in [6.45, 7) is 1.94. The number of amides is 1. The lowest BCUT2D eigenvalue weighted by atomic mass is 10.0. The Balaban J connectivity index is 1.52. The molecular formula is C20H17N5O. The molecule has 26 heavy (non-hydrogen) atoms. The van der Waals surface area contributed by atoms with Gasteiger partial charge in [-0.2, -0.15) is 5.10 Å². The van der Waals surface area contributed by atoms with Gasteiger partial charge in [-0.3, -0.25) is 4.79 Å². The second-order valence-electron chi connectivity index (χ2n) is 5.99. The second-order valence-corrected chi connectivity index (χ2v) is 5.99. The Bertz CT molecular complexity index is 1120. The molecule has 4 rings (SSSR count). The second kappa shape index (κ2) is 6.76. The number of hydrogen-bond acceptors (Lipinski definition) is 4. The third-order valence-electron chi connectivity index (χ3n) is 4.24. The zero-order valence-corrected chi connectivity index (χ0v) is 14.3. The van der Waals surface area contributed by atoms with Crippen molar-refractivity contribution in [1.29, 1.82) is 0 Å². The molecule has 0 radical (unpaired) electrons. The maximum atomic E-state index is 12.2. The van der Waals surface area contributed by atoms with Crippen LogP contribution in [0.2, 0.25) is 0 Å². The summed E-state index contributed by atoms with van der Waals surface area (Å²) in [6, 6.07) is 21.7. The highest BCUT2D eigenvalue weighted by Gasteiger charge is 2.09. The summed E-state index contributed by atoms with van der Waals surface area (Å²) < 4.78 is 1.56. The highest BCUT2D eigenvalue weighted by atomic mass is 16.2. The minimum Gasteiger partial charge on any atom is -0.271 e. The van der Waals surface area contributed by atoms with Gasteiger partial charge in [0.25, 0.3) is 5.91 Å². The van der Waals surface area contributed by atoms with Crippen LogP contribution in [0.15, 0.2) is 71.8 Å². The predicted molar refractivity (Wildman–Crippen MR) is 102 cm³/mol. The van der Waals surface area contributed by atoms with Crippen molar-refractivity contribution in [1.82, 2.24) is 20.4 Å². The molecule has 0 bridgehead atoms. The van der Waals surface area contributed by atoms with E-state index in [2.05, 4.69) is 33.0 Å². The maximum Gasteiger partial charge on any atom is 0.261 e. The van der Waals surface area contributed by atoms with Gasteiger partial charge >= 0.3 is 0 Å². The van der Waals surface area contributed by atoms with Gasteiger partial charge in [0, 0.05) is 5.56 Å². The number of carbonyl (C=O) groups excluding carboxylic acids is 1. The summed E-state index contributed by atoms with van der Waals surface area (Å²) in [4.78, 5) is 12.2. The predicted octanol–water partition coefficient (Wildman–Crippen LogP) is 3.12. The van der Waals surface area contributed by atoms with Gasteiger partial charge in [0.1, 0.15) is 12.1 Å². The minimum absolute atomic E-state index is 0.0623. The molecule has 0 fully saturated rings. The number of nitrogens with one attached hydrogen (secondary N) is 1. The van der Waals surface area contributed by atoms with Gasteiger partial charge in [-0.05, 0) is 29.8 Å². The Morgan fingerprint density at radius 1 is 1.04 bits per heavy atom. The molecular weight excluding hydrogens is 326 g/mol. The van der Waals surface area contributed by atoms with Crippen LogP contribution < -0.4 is 5.43 Å². The van der Waals surface area contributed by atoms with Crippen LogP contribution in [0.1, 0.15) is 12.5 Å². The number of hydrogen-bond donors (Lipinski definition) is 1. The van der Waals surface area contributed by atoms with E-state index >= 15 is 0 Å². The Morgan fingerprint density at radius 3 is 2.73 bits per heavy atom. The van der Waals surface area contributed by atoms with Crippen LogP contribution in [0.4, 0.5) is 0 Å². The highest BCUT2D eigenvalue weighted by Crippen LogP contribution is 2.19. The molecule has 0 spiro atoms. The average molecular weight is 343 g/mol. The minimum atomic E-state index is -0.250. The van der Waals surface area contributed by atoms with E-state index in [0.29, 0.717) is 0 Å². The first-order valence-corrected chi connectivity index (χ1v) is 8.32. The van der Waals surface area contributed by atoms with E-state index in [4.69, 9.17) is 0 Å². The van der Waals surface area contributed by atoms with Gasteiger partial charge in [0.15, 0.2) is 0 Å². The van der Waals surface area contributed by atoms with E-state index in [9.17, 15) is 4.79 Å². The topological polar surface area (TPSA) is 72.2 Å². The van der Waals surface area contributed by atoms with Crippen molar-refractivity contribution in [2.45, 2.75) is 13.5 Å². The molecule has 6 nitrogen and oxygen atoms in total. The molecule has 6 heteroatoms. The van der Waals surface area contributed by atoms with E-state index in [1.54, 1.807) is 4.68 Å². The molecule has 0 saturated heterocycles. The number of carbonyl (C=O) groups is 1. The van der Waals surface area contributed by atoms with E-state index in [-0.39, 0.29) is 12.5 Å². The van der Waals surface area contributed by atoms with Gasteiger partial charge in [0.05, 0.1) is 11.2 Å². The lowest BCUT2D eigenvalue weighted by Crippen LogP contribution is -2.24. The van der Waals surface area contributed by atoms with Gasteiger partial charge in [0.2, 0.25) is 0 Å². The molecule has 1 N–H and O–H groups in total. The molecule has 1 aromatic heterocycles. The zero-order chi connectivity index (χ0) is 17.9. The normalized spacial score (nSPS) is 11.8. The summed E-state index contributed by atoms with van der Waals surface area (Å²) in [5.74, 6) is -0.250. The standard InChI is InChI=1S/C20H17N5O/c1-14(16-10-6-8-15-7-2-3-9-17(15)16)21-23-20(26)13-25-19-12-5-4-11-18(19)22-24-25/h2-12H,13H2,1H3,(H,23,26)/b21-14-. The number of benzene rings is 3. The third kappa shape index (κ3) is 3.04. The van der Waals surface area contributed by atoms with E-state index in [1.807, 2.05) is 61.5 Å². The number of para-hydroxylation sites is 1. The summed E-state index contributed by atoms with van der Waals surface area (Å²) in [5, 5.41) is 14.6. The maximum absolute atomic E-state index is 12.2. The van der Waals surface area contributed by atoms with E-state index < -0.39 is 0 Å². The van der Waals surface area contributed by atoms with Crippen LogP contribution in [0, 0.1) is 0 Å². The Labute approximate surface area is 150 Å². The summed E-state index contributed by atoms with van der Waals surface area (Å²) >= 11 is 0. The fraction of sp³-hybridized carbons (Fsp3) is 0.100. The Hall–Kier alpha value is -3.54. The molecule has 1 heterocycles. The molecule has 3 aromatic carbocycles. The van der Waals surface area contributed by atoms with Crippen molar-refractivity contribution < 1.29 is 4.79 Å². The van der Waals surface area contributed by atoms with Crippen LogP contribution in [0.25, 0.3) is 21.8 Å². The highest BCUT2D eigenvalue weighted by molar-refractivity contribution is 6.09. The van der Waals surface area contributed by atoms with Crippen LogP contribution in [-0.4, -0.2) is 26.6 Å². The van der Waals surface area contributed by atoms with Crippen molar-refractivity contribution in [3.63, 3.8) is 0 Å². The van der Waals surface area contributed by atoms with Crippen molar-refractivity contribution in [2.75, 3.05) is 0 Å². The van der Waals surface area contributed by atoms with Crippen LogP contribution in [0.5, 0.6) is 0 Å². The van der Waals surface area contributed by atoms with Crippen molar-refractivity contribution in [2.24, 2.45) is 5.10 Å². The first-order valence-electron chi connectivity index (χ1n) is 8.32. The molecule has 0 aliphatic carbocycles. The lowest BCUT2D eigenvalue weighted by molar-refractivity contribution is -0.121. The summed E-state index contributed by atoms with van der Waals surface area (Å²) in [7, 11) is 0. The number of aromatic nitrogens is 3.